The molecule has 0 aromatic heterocycles. The smallest absolute Gasteiger partial charge is 0.414 e. The Hall–Kier alpha value is -1.55. The Morgan fingerprint density at radius 2 is 1.95 bits per heavy atom. The lowest BCUT2D eigenvalue weighted by Gasteiger charge is -2.16. The molecule has 1 aromatic carbocycles. The van der Waals surface area contributed by atoms with Crippen LogP contribution in [0.5, 0.6) is 0 Å². The molecule has 1 amide bonds. The van der Waals surface area contributed by atoms with E-state index >= 15 is 0 Å². The third-order valence-corrected chi connectivity index (χ3v) is 3.94. The van der Waals surface area contributed by atoms with Gasteiger partial charge < -0.3 is 10.1 Å². The number of carbonyl (C=O) groups is 1. The van der Waals surface area contributed by atoms with Gasteiger partial charge in [-0.1, -0.05) is 32.9 Å². The molecule has 1 aliphatic heterocycles. The minimum atomic E-state index is -0.248. The summed E-state index contributed by atoms with van der Waals surface area (Å²) in [6.07, 6.45) is -0.248. The lowest BCUT2D eigenvalue weighted by molar-refractivity contribution is 0.181. The van der Waals surface area contributed by atoms with Crippen molar-refractivity contribution in [2.24, 2.45) is 11.8 Å². The standard InChI is InChI=1S/C16H24N2O2/c1-12(2)13(3)10-17-11-14-4-6-15(7-5-14)18-8-9-20-16(18)19/h4-7,12-13,17H,8-11H2,1-3H3. The topological polar surface area (TPSA) is 41.6 Å². The number of hydrogen-bond acceptors (Lipinski definition) is 3. The summed E-state index contributed by atoms with van der Waals surface area (Å²) >= 11 is 0. The zero-order valence-electron chi connectivity index (χ0n) is 12.6. The van der Waals surface area contributed by atoms with E-state index in [1.165, 1.54) is 5.56 Å². The van der Waals surface area contributed by atoms with Gasteiger partial charge in [0.1, 0.15) is 6.61 Å². The molecule has 0 radical (unpaired) electrons. The van der Waals surface area contributed by atoms with Gasteiger partial charge in [-0.3, -0.25) is 4.90 Å². The van der Waals surface area contributed by atoms with Crippen molar-refractivity contribution in [2.45, 2.75) is 27.3 Å². The number of hydrogen-bond donors (Lipinski definition) is 1. The first-order chi connectivity index (χ1) is 9.58. The number of cyclic esters (lactones) is 1. The Morgan fingerprint density at radius 3 is 2.50 bits per heavy atom. The van der Waals surface area contributed by atoms with Crippen LogP contribution >= 0.6 is 0 Å². The maximum Gasteiger partial charge on any atom is 0.414 e. The maximum absolute atomic E-state index is 11.5. The van der Waals surface area contributed by atoms with E-state index in [0.717, 1.165) is 18.8 Å². The summed E-state index contributed by atoms with van der Waals surface area (Å²) in [6, 6.07) is 8.09. The van der Waals surface area contributed by atoms with Crippen LogP contribution < -0.4 is 10.2 Å². The zero-order chi connectivity index (χ0) is 14.5. The maximum atomic E-state index is 11.5. The minimum Gasteiger partial charge on any atom is -0.447 e. The molecule has 1 saturated heterocycles. The number of nitrogens with zero attached hydrogens (tertiary/aromatic N) is 1. The number of amides is 1. The van der Waals surface area contributed by atoms with Gasteiger partial charge in [-0.25, -0.2) is 4.79 Å². The molecule has 0 aliphatic carbocycles. The first-order valence-electron chi connectivity index (χ1n) is 7.32. The summed E-state index contributed by atoms with van der Waals surface area (Å²) in [5.74, 6) is 1.37. The average molecular weight is 276 g/mol. The molecule has 0 bridgehead atoms. The van der Waals surface area contributed by atoms with E-state index < -0.39 is 0 Å². The number of benzene rings is 1. The third kappa shape index (κ3) is 3.73. The predicted octanol–water partition coefficient (Wildman–Crippen LogP) is 3.02. The van der Waals surface area contributed by atoms with Gasteiger partial charge in [-0.15, -0.1) is 0 Å². The van der Waals surface area contributed by atoms with E-state index in [-0.39, 0.29) is 6.09 Å². The van der Waals surface area contributed by atoms with Crippen molar-refractivity contribution in [2.75, 3.05) is 24.6 Å². The summed E-state index contributed by atoms with van der Waals surface area (Å²) < 4.78 is 4.94. The molecule has 2 rings (SSSR count). The molecule has 0 saturated carbocycles. The molecule has 1 aliphatic rings. The van der Waals surface area contributed by atoms with Crippen LogP contribution in [0.15, 0.2) is 24.3 Å². The van der Waals surface area contributed by atoms with Crippen molar-refractivity contribution < 1.29 is 9.53 Å². The number of nitrogens with one attached hydrogen (secondary N) is 1. The second-order valence-electron chi connectivity index (χ2n) is 5.78. The van der Waals surface area contributed by atoms with Gasteiger partial charge >= 0.3 is 6.09 Å². The van der Waals surface area contributed by atoms with Crippen LogP contribution in [0.2, 0.25) is 0 Å². The molecule has 110 valence electrons. The van der Waals surface area contributed by atoms with E-state index in [9.17, 15) is 4.79 Å². The molecule has 1 N–H and O–H groups in total. The van der Waals surface area contributed by atoms with Crippen molar-refractivity contribution in [1.29, 1.82) is 0 Å². The van der Waals surface area contributed by atoms with Crippen molar-refractivity contribution in [3.05, 3.63) is 29.8 Å². The van der Waals surface area contributed by atoms with Crippen LogP contribution in [-0.4, -0.2) is 25.8 Å². The first-order valence-corrected chi connectivity index (χ1v) is 7.32. The molecule has 1 fully saturated rings. The average Bonchev–Trinajstić information content (AvgIpc) is 2.85. The van der Waals surface area contributed by atoms with Gasteiger partial charge in [0.2, 0.25) is 0 Å². The van der Waals surface area contributed by atoms with Crippen molar-refractivity contribution in [1.82, 2.24) is 5.32 Å². The van der Waals surface area contributed by atoms with E-state index in [4.69, 9.17) is 4.74 Å². The van der Waals surface area contributed by atoms with Crippen molar-refractivity contribution >= 4 is 11.8 Å². The van der Waals surface area contributed by atoms with Gasteiger partial charge in [0, 0.05) is 12.2 Å². The highest BCUT2D eigenvalue weighted by atomic mass is 16.6. The first kappa shape index (κ1) is 14.9. The number of rotatable bonds is 6. The van der Waals surface area contributed by atoms with E-state index in [1.54, 1.807) is 4.90 Å². The molecule has 1 heterocycles. The Balaban J connectivity index is 1.84. The minimum absolute atomic E-state index is 0.248. The lowest BCUT2D eigenvalue weighted by atomic mass is 9.98. The summed E-state index contributed by atoms with van der Waals surface area (Å²) in [5, 5.41) is 3.48. The van der Waals surface area contributed by atoms with Crippen LogP contribution in [0.25, 0.3) is 0 Å². The fraction of sp³-hybridized carbons (Fsp3) is 0.562. The van der Waals surface area contributed by atoms with Gasteiger partial charge in [0.15, 0.2) is 0 Å². The molecular formula is C16H24N2O2. The quantitative estimate of drug-likeness (QED) is 0.868. The van der Waals surface area contributed by atoms with Crippen molar-refractivity contribution in [3.63, 3.8) is 0 Å². The fourth-order valence-corrected chi connectivity index (χ4v) is 2.10. The van der Waals surface area contributed by atoms with Crippen molar-refractivity contribution in [3.8, 4) is 0 Å². The molecule has 4 heteroatoms. The Morgan fingerprint density at radius 1 is 1.25 bits per heavy atom. The van der Waals surface area contributed by atoms with E-state index in [2.05, 4.69) is 38.2 Å². The third-order valence-electron chi connectivity index (χ3n) is 3.94. The second kappa shape index (κ2) is 6.75. The molecular weight excluding hydrogens is 252 g/mol. The number of ether oxygens (including phenoxy) is 1. The monoisotopic (exact) mass is 276 g/mol. The van der Waals surface area contributed by atoms with Crippen LogP contribution in [0.1, 0.15) is 26.3 Å². The largest absolute Gasteiger partial charge is 0.447 e. The normalized spacial score (nSPS) is 16.6. The zero-order valence-corrected chi connectivity index (χ0v) is 12.6. The molecule has 20 heavy (non-hydrogen) atoms. The van der Waals surface area contributed by atoms with E-state index in [1.807, 2.05) is 12.1 Å². The molecule has 1 unspecified atom stereocenters. The van der Waals surface area contributed by atoms with Gasteiger partial charge in [-0.2, -0.15) is 0 Å². The summed E-state index contributed by atoms with van der Waals surface area (Å²) in [6.45, 7) is 9.77. The van der Waals surface area contributed by atoms with Gasteiger partial charge in [0.25, 0.3) is 0 Å². The second-order valence-corrected chi connectivity index (χ2v) is 5.78. The highest BCUT2D eigenvalue weighted by Crippen LogP contribution is 2.19. The molecule has 0 spiro atoms. The Labute approximate surface area is 121 Å². The predicted molar refractivity (Wildman–Crippen MR) is 80.8 cm³/mol. The van der Waals surface area contributed by atoms with Gasteiger partial charge in [-0.05, 0) is 36.1 Å². The highest BCUT2D eigenvalue weighted by molar-refractivity contribution is 5.89. The highest BCUT2D eigenvalue weighted by Gasteiger charge is 2.23. The summed E-state index contributed by atoms with van der Waals surface area (Å²) in [4.78, 5) is 13.1. The van der Waals surface area contributed by atoms with Crippen LogP contribution in [0.4, 0.5) is 10.5 Å². The molecule has 1 aromatic rings. The number of carbonyl (C=O) groups excluding carboxylic acids is 1. The van der Waals surface area contributed by atoms with E-state index in [0.29, 0.717) is 25.0 Å². The molecule has 4 nitrogen and oxygen atoms in total. The fourth-order valence-electron chi connectivity index (χ4n) is 2.10. The Bertz CT molecular complexity index is 442. The summed E-state index contributed by atoms with van der Waals surface area (Å²) in [7, 11) is 0. The van der Waals surface area contributed by atoms with Crippen LogP contribution in [0.3, 0.4) is 0 Å². The summed E-state index contributed by atoms with van der Waals surface area (Å²) in [5.41, 5.74) is 2.14. The van der Waals surface area contributed by atoms with Crippen LogP contribution in [0, 0.1) is 11.8 Å². The van der Waals surface area contributed by atoms with Gasteiger partial charge in [0.05, 0.1) is 6.54 Å². The number of anilines is 1. The van der Waals surface area contributed by atoms with Crippen LogP contribution in [-0.2, 0) is 11.3 Å². The SMILES string of the molecule is CC(C)C(C)CNCc1ccc(N2CCOC2=O)cc1. The molecule has 1 atom stereocenters. The Kier molecular flexibility index (Phi) is 5.01. The lowest BCUT2D eigenvalue weighted by Crippen LogP contribution is -2.24.